The molecule has 0 unspecified atom stereocenters. The van der Waals surface area contributed by atoms with E-state index >= 15 is 0 Å². The molecule has 0 aliphatic rings. The van der Waals surface area contributed by atoms with Crippen molar-refractivity contribution in [3.8, 4) is 17.1 Å². The summed E-state index contributed by atoms with van der Waals surface area (Å²) in [5.41, 5.74) is -0.734. The van der Waals surface area contributed by atoms with Crippen LogP contribution in [-0.2, 0) is 6.18 Å². The molecule has 3 rings (SSSR count). The number of rotatable bonds is 3. The molecule has 1 heterocycles. The van der Waals surface area contributed by atoms with Crippen molar-refractivity contribution in [1.29, 1.82) is 0 Å². The molecule has 0 fully saturated rings. The molecule has 0 spiro atoms. The van der Waals surface area contributed by atoms with E-state index in [9.17, 15) is 22.7 Å². The average Bonchev–Trinajstić information content (AvgIpc) is 2.56. The van der Waals surface area contributed by atoms with Crippen molar-refractivity contribution in [3.05, 3.63) is 65.1 Å². The second-order valence-corrected chi connectivity index (χ2v) is 5.65. The van der Waals surface area contributed by atoms with Crippen LogP contribution in [0.1, 0.15) is 5.56 Å². The van der Waals surface area contributed by atoms with Gasteiger partial charge in [0.25, 0.3) is 0 Å². The smallest absolute Gasteiger partial charge is 0.416 e. The van der Waals surface area contributed by atoms with Crippen LogP contribution < -0.4 is 5.32 Å². The van der Waals surface area contributed by atoms with Crippen LogP contribution in [-0.4, -0.2) is 15.1 Å². The molecule has 134 valence electrons. The Kier molecular flexibility index (Phi) is 4.69. The zero-order chi connectivity index (χ0) is 18.9. The predicted octanol–water partition coefficient (Wildman–Crippen LogP) is 5.40. The molecule has 4 nitrogen and oxygen atoms in total. The molecule has 9 heteroatoms. The molecule has 0 aliphatic carbocycles. The van der Waals surface area contributed by atoms with Gasteiger partial charge in [0, 0.05) is 17.7 Å². The van der Waals surface area contributed by atoms with Crippen molar-refractivity contribution < 1.29 is 22.7 Å². The van der Waals surface area contributed by atoms with Crippen molar-refractivity contribution >= 4 is 23.1 Å². The number of benzene rings is 2. The predicted molar refractivity (Wildman–Crippen MR) is 88.8 cm³/mol. The summed E-state index contributed by atoms with van der Waals surface area (Å²) >= 11 is 5.91. The van der Waals surface area contributed by atoms with Crippen LogP contribution in [0.5, 0.6) is 5.75 Å². The van der Waals surface area contributed by atoms with Gasteiger partial charge in [0.1, 0.15) is 22.5 Å². The molecule has 2 N–H and O–H groups in total. The van der Waals surface area contributed by atoms with Crippen LogP contribution in [0.25, 0.3) is 11.4 Å². The molecule has 3 aromatic rings. The van der Waals surface area contributed by atoms with Gasteiger partial charge in [0.05, 0.1) is 11.3 Å². The Bertz CT molecular complexity index is 963. The van der Waals surface area contributed by atoms with E-state index in [-0.39, 0.29) is 33.8 Å². The number of aromatic nitrogens is 2. The third kappa shape index (κ3) is 4.02. The number of alkyl halides is 3. The zero-order valence-corrected chi connectivity index (χ0v) is 13.6. The van der Waals surface area contributed by atoms with E-state index in [0.717, 1.165) is 18.2 Å². The number of nitrogens with zero attached hydrogens (tertiary/aromatic N) is 2. The van der Waals surface area contributed by atoms with Gasteiger partial charge in [-0.2, -0.15) is 13.2 Å². The van der Waals surface area contributed by atoms with Crippen LogP contribution in [0.4, 0.5) is 29.1 Å². The lowest BCUT2D eigenvalue weighted by molar-refractivity contribution is -0.137. The third-order valence-electron chi connectivity index (χ3n) is 3.36. The molecule has 0 amide bonds. The van der Waals surface area contributed by atoms with Crippen molar-refractivity contribution in [2.75, 3.05) is 5.32 Å². The molecule has 0 bridgehead atoms. The largest absolute Gasteiger partial charge is 0.508 e. The SMILES string of the molecule is Oc1ccc(Nc2cc(Cl)nc(-c3cccc(C(F)(F)F)c3)n2)c(F)c1. The summed E-state index contributed by atoms with van der Waals surface area (Å²) in [6.07, 6.45) is -4.51. The number of nitrogens with one attached hydrogen (secondary N) is 1. The fourth-order valence-corrected chi connectivity index (χ4v) is 2.37. The zero-order valence-electron chi connectivity index (χ0n) is 12.9. The normalized spacial score (nSPS) is 11.4. The third-order valence-corrected chi connectivity index (χ3v) is 3.55. The Morgan fingerprint density at radius 1 is 1.00 bits per heavy atom. The van der Waals surface area contributed by atoms with Gasteiger partial charge in [-0.1, -0.05) is 23.7 Å². The van der Waals surface area contributed by atoms with Crippen LogP contribution in [0, 0.1) is 5.82 Å². The minimum Gasteiger partial charge on any atom is -0.508 e. The van der Waals surface area contributed by atoms with E-state index in [1.807, 2.05) is 0 Å². The maximum absolute atomic E-state index is 13.8. The van der Waals surface area contributed by atoms with Gasteiger partial charge in [0.15, 0.2) is 5.82 Å². The highest BCUT2D eigenvalue weighted by Crippen LogP contribution is 2.32. The monoisotopic (exact) mass is 383 g/mol. The quantitative estimate of drug-likeness (QED) is 0.361. The Labute approximate surface area is 150 Å². The second-order valence-electron chi connectivity index (χ2n) is 5.27. The molecule has 26 heavy (non-hydrogen) atoms. The molecule has 1 aromatic heterocycles. The summed E-state index contributed by atoms with van der Waals surface area (Å²) in [7, 11) is 0. The number of hydrogen-bond donors (Lipinski definition) is 2. The van der Waals surface area contributed by atoms with Crippen molar-refractivity contribution in [2.45, 2.75) is 6.18 Å². The van der Waals surface area contributed by atoms with Gasteiger partial charge in [-0.25, -0.2) is 14.4 Å². The summed E-state index contributed by atoms with van der Waals surface area (Å²) in [4.78, 5) is 8.00. The highest BCUT2D eigenvalue weighted by atomic mass is 35.5. The van der Waals surface area contributed by atoms with Gasteiger partial charge in [-0.05, 0) is 24.3 Å². The summed E-state index contributed by atoms with van der Waals surface area (Å²) < 4.78 is 52.4. The maximum Gasteiger partial charge on any atom is 0.416 e. The fourth-order valence-electron chi connectivity index (χ4n) is 2.19. The van der Waals surface area contributed by atoms with Gasteiger partial charge in [0.2, 0.25) is 0 Å². The summed E-state index contributed by atoms with van der Waals surface area (Å²) in [6, 6.07) is 9.22. The lowest BCUT2D eigenvalue weighted by atomic mass is 10.1. The Balaban J connectivity index is 1.98. The Morgan fingerprint density at radius 3 is 2.46 bits per heavy atom. The van der Waals surface area contributed by atoms with E-state index in [1.165, 1.54) is 30.3 Å². The summed E-state index contributed by atoms with van der Waals surface area (Å²) in [5, 5.41) is 11.8. The second kappa shape index (κ2) is 6.80. The standard InChI is InChI=1S/C17H10ClF4N3O/c18-14-8-15(23-13-5-4-11(26)7-12(13)19)25-16(24-14)9-2-1-3-10(6-9)17(20,21)22/h1-8,26H,(H,23,24,25). The van der Waals surface area contributed by atoms with E-state index < -0.39 is 17.6 Å². The van der Waals surface area contributed by atoms with Gasteiger partial charge in [-0.15, -0.1) is 0 Å². The van der Waals surface area contributed by atoms with Gasteiger partial charge >= 0.3 is 6.18 Å². The van der Waals surface area contributed by atoms with Crippen LogP contribution in [0.3, 0.4) is 0 Å². The molecule has 0 radical (unpaired) electrons. The fraction of sp³-hybridized carbons (Fsp3) is 0.0588. The first-order chi connectivity index (χ1) is 12.2. The number of phenols is 1. The van der Waals surface area contributed by atoms with Crippen molar-refractivity contribution in [3.63, 3.8) is 0 Å². The Hall–Kier alpha value is -2.87. The van der Waals surface area contributed by atoms with E-state index in [1.54, 1.807) is 0 Å². The highest BCUT2D eigenvalue weighted by molar-refractivity contribution is 6.29. The van der Waals surface area contributed by atoms with Crippen LogP contribution in [0.15, 0.2) is 48.5 Å². The van der Waals surface area contributed by atoms with Crippen LogP contribution in [0.2, 0.25) is 5.15 Å². The number of phenolic OH excluding ortho intramolecular Hbond substituents is 1. The first-order valence-corrected chi connectivity index (χ1v) is 7.58. The lowest BCUT2D eigenvalue weighted by Crippen LogP contribution is -2.05. The highest BCUT2D eigenvalue weighted by Gasteiger charge is 2.30. The number of hydrogen-bond acceptors (Lipinski definition) is 4. The van der Waals surface area contributed by atoms with Gasteiger partial charge < -0.3 is 10.4 Å². The topological polar surface area (TPSA) is 58.0 Å². The molecule has 0 saturated carbocycles. The first-order valence-electron chi connectivity index (χ1n) is 7.20. The minimum absolute atomic E-state index is 0.00700. The minimum atomic E-state index is -4.51. The van der Waals surface area contributed by atoms with E-state index in [0.29, 0.717) is 0 Å². The summed E-state index contributed by atoms with van der Waals surface area (Å²) in [6.45, 7) is 0. The van der Waals surface area contributed by atoms with Crippen molar-refractivity contribution in [1.82, 2.24) is 9.97 Å². The number of halogens is 5. The molecule has 0 aliphatic heterocycles. The Morgan fingerprint density at radius 2 is 1.77 bits per heavy atom. The van der Waals surface area contributed by atoms with Crippen LogP contribution >= 0.6 is 11.6 Å². The van der Waals surface area contributed by atoms with E-state index in [4.69, 9.17) is 11.6 Å². The molecular formula is C17H10ClF4N3O. The van der Waals surface area contributed by atoms with Gasteiger partial charge in [-0.3, -0.25) is 0 Å². The van der Waals surface area contributed by atoms with E-state index in [2.05, 4.69) is 15.3 Å². The summed E-state index contributed by atoms with van der Waals surface area (Å²) in [5.74, 6) is -0.953. The maximum atomic E-state index is 13.8. The number of anilines is 2. The average molecular weight is 384 g/mol. The number of aromatic hydroxyl groups is 1. The first kappa shape index (κ1) is 17.9. The van der Waals surface area contributed by atoms with Crippen molar-refractivity contribution in [2.24, 2.45) is 0 Å². The lowest BCUT2D eigenvalue weighted by Gasteiger charge is -2.11. The molecule has 0 atom stereocenters. The molecule has 0 saturated heterocycles. The molecular weight excluding hydrogens is 374 g/mol. The molecule has 2 aromatic carbocycles.